The number of carboxylic acids is 1. The summed E-state index contributed by atoms with van der Waals surface area (Å²) in [6, 6.07) is 0. The molecule has 0 unspecified atom stereocenters. The molecule has 2 aliphatic rings. The summed E-state index contributed by atoms with van der Waals surface area (Å²) in [5.41, 5.74) is 0.625. The Labute approximate surface area is 104 Å². The van der Waals surface area contributed by atoms with Crippen molar-refractivity contribution in [2.24, 2.45) is 17.3 Å². The largest absolute Gasteiger partial charge is 0.478 e. The van der Waals surface area contributed by atoms with Crippen LogP contribution < -0.4 is 0 Å². The summed E-state index contributed by atoms with van der Waals surface area (Å²) in [7, 11) is 0. The van der Waals surface area contributed by atoms with Crippen molar-refractivity contribution in [1.29, 1.82) is 0 Å². The summed E-state index contributed by atoms with van der Waals surface area (Å²) in [6.07, 6.45) is 13.9. The van der Waals surface area contributed by atoms with Gasteiger partial charge in [0, 0.05) is 6.08 Å². The highest BCUT2D eigenvalue weighted by Gasteiger charge is 2.36. The molecule has 0 aromatic carbocycles. The van der Waals surface area contributed by atoms with Crippen LogP contribution in [-0.2, 0) is 4.79 Å². The van der Waals surface area contributed by atoms with E-state index in [1.54, 1.807) is 0 Å². The Bertz CT molecular complexity index is 288. The number of aliphatic carboxylic acids is 1. The van der Waals surface area contributed by atoms with Crippen molar-refractivity contribution in [3.63, 3.8) is 0 Å². The maximum Gasteiger partial charge on any atom is 0.327 e. The van der Waals surface area contributed by atoms with Crippen LogP contribution in [0.5, 0.6) is 0 Å². The van der Waals surface area contributed by atoms with Crippen LogP contribution in [0.2, 0.25) is 0 Å². The lowest BCUT2D eigenvalue weighted by atomic mass is 9.62. The second-order valence-electron chi connectivity index (χ2n) is 6.22. The van der Waals surface area contributed by atoms with Crippen molar-refractivity contribution < 1.29 is 9.90 Å². The fourth-order valence-corrected chi connectivity index (χ4v) is 3.54. The third-order valence-corrected chi connectivity index (χ3v) is 4.94. The van der Waals surface area contributed by atoms with E-state index in [-0.39, 0.29) is 0 Å². The Balaban J connectivity index is 1.83. The van der Waals surface area contributed by atoms with Crippen molar-refractivity contribution in [3.05, 3.63) is 12.2 Å². The summed E-state index contributed by atoms with van der Waals surface area (Å²) in [5.74, 6) is 0.623. The predicted molar refractivity (Wildman–Crippen MR) is 68.8 cm³/mol. The van der Waals surface area contributed by atoms with Gasteiger partial charge in [0.15, 0.2) is 0 Å². The van der Waals surface area contributed by atoms with E-state index in [0.717, 1.165) is 5.92 Å². The highest BCUT2D eigenvalue weighted by molar-refractivity contribution is 5.79. The molecule has 0 bridgehead atoms. The van der Waals surface area contributed by atoms with Gasteiger partial charge < -0.3 is 5.11 Å². The number of allylic oxidation sites excluding steroid dienone is 1. The number of hydrogen-bond acceptors (Lipinski definition) is 1. The quantitative estimate of drug-likeness (QED) is 0.735. The second-order valence-corrected chi connectivity index (χ2v) is 6.22. The average molecular weight is 236 g/mol. The van der Waals surface area contributed by atoms with Gasteiger partial charge in [-0.2, -0.15) is 0 Å². The molecule has 1 spiro atoms. The molecule has 0 aliphatic heterocycles. The topological polar surface area (TPSA) is 37.3 Å². The first-order chi connectivity index (χ1) is 8.10. The lowest BCUT2D eigenvalue weighted by Gasteiger charge is -2.44. The Morgan fingerprint density at radius 1 is 1.12 bits per heavy atom. The van der Waals surface area contributed by atoms with Crippen LogP contribution in [0.1, 0.15) is 58.3 Å². The van der Waals surface area contributed by atoms with E-state index in [0.29, 0.717) is 11.3 Å². The van der Waals surface area contributed by atoms with Gasteiger partial charge in [-0.3, -0.25) is 0 Å². The lowest BCUT2D eigenvalue weighted by Crippen LogP contribution is -2.31. The van der Waals surface area contributed by atoms with Gasteiger partial charge in [-0.05, 0) is 55.8 Å². The molecule has 2 nitrogen and oxygen atoms in total. The Morgan fingerprint density at radius 3 is 2.18 bits per heavy atom. The number of rotatable bonds is 2. The van der Waals surface area contributed by atoms with Gasteiger partial charge in [-0.15, -0.1) is 0 Å². The van der Waals surface area contributed by atoms with Crippen LogP contribution in [0.25, 0.3) is 0 Å². The molecular weight excluding hydrogens is 212 g/mol. The monoisotopic (exact) mass is 236 g/mol. The molecule has 2 rings (SSSR count). The van der Waals surface area contributed by atoms with Gasteiger partial charge in [-0.25, -0.2) is 4.79 Å². The van der Waals surface area contributed by atoms with Crippen molar-refractivity contribution >= 4 is 5.97 Å². The van der Waals surface area contributed by atoms with Crippen molar-refractivity contribution in [2.45, 2.75) is 58.3 Å². The van der Waals surface area contributed by atoms with Crippen LogP contribution in [0.3, 0.4) is 0 Å². The van der Waals surface area contributed by atoms with E-state index < -0.39 is 5.97 Å². The second kappa shape index (κ2) is 5.24. The van der Waals surface area contributed by atoms with E-state index in [1.807, 2.05) is 6.08 Å². The Kier molecular flexibility index (Phi) is 3.90. The zero-order chi connectivity index (χ0) is 12.3. The Hall–Kier alpha value is -0.790. The van der Waals surface area contributed by atoms with Crippen molar-refractivity contribution in [1.82, 2.24) is 0 Å². The highest BCUT2D eigenvalue weighted by Crippen LogP contribution is 2.50. The molecule has 0 amide bonds. The molecule has 17 heavy (non-hydrogen) atoms. The normalized spacial score (nSPS) is 38.6. The minimum Gasteiger partial charge on any atom is -0.478 e. The van der Waals surface area contributed by atoms with Crippen LogP contribution in [-0.4, -0.2) is 11.1 Å². The number of hydrogen-bond donors (Lipinski definition) is 1. The van der Waals surface area contributed by atoms with Gasteiger partial charge in [0.2, 0.25) is 0 Å². The zero-order valence-electron chi connectivity index (χ0n) is 10.8. The van der Waals surface area contributed by atoms with Crippen LogP contribution >= 0.6 is 0 Å². The summed E-state index contributed by atoms with van der Waals surface area (Å²) in [6.45, 7) is 2.37. The van der Waals surface area contributed by atoms with Gasteiger partial charge in [0.1, 0.15) is 0 Å². The minimum atomic E-state index is -0.809. The first kappa shape index (κ1) is 12.7. The standard InChI is InChI=1S/C15H24O2/c1-12-4-8-15(9-5-12)10-6-13(7-11-15)2-3-14(16)17/h2-3,12-13H,4-11H2,1H3,(H,16,17)/b3-2+. The summed E-state index contributed by atoms with van der Waals surface area (Å²) >= 11 is 0. The molecule has 1 N–H and O–H groups in total. The Morgan fingerprint density at radius 2 is 1.65 bits per heavy atom. The van der Waals surface area contributed by atoms with E-state index in [9.17, 15) is 4.79 Å². The smallest absolute Gasteiger partial charge is 0.327 e. The first-order valence-corrected chi connectivity index (χ1v) is 7.01. The van der Waals surface area contributed by atoms with Gasteiger partial charge >= 0.3 is 5.97 Å². The summed E-state index contributed by atoms with van der Waals surface area (Å²) in [5, 5.41) is 8.63. The van der Waals surface area contributed by atoms with Crippen LogP contribution in [0, 0.1) is 17.3 Å². The van der Waals surface area contributed by atoms with Crippen molar-refractivity contribution in [3.8, 4) is 0 Å². The zero-order valence-corrected chi connectivity index (χ0v) is 10.8. The van der Waals surface area contributed by atoms with Gasteiger partial charge in [0.05, 0.1) is 0 Å². The van der Waals surface area contributed by atoms with Gasteiger partial charge in [-0.1, -0.05) is 25.8 Å². The van der Waals surface area contributed by atoms with E-state index in [1.165, 1.54) is 57.4 Å². The minimum absolute atomic E-state index is 0.510. The third kappa shape index (κ3) is 3.34. The molecule has 96 valence electrons. The predicted octanol–water partition coefficient (Wildman–Crippen LogP) is 4.01. The summed E-state index contributed by atoms with van der Waals surface area (Å²) in [4.78, 5) is 10.5. The fraction of sp³-hybridized carbons (Fsp3) is 0.800. The lowest BCUT2D eigenvalue weighted by molar-refractivity contribution is -0.131. The molecule has 0 aromatic rings. The summed E-state index contributed by atoms with van der Waals surface area (Å²) < 4.78 is 0. The maximum atomic E-state index is 10.5. The van der Waals surface area contributed by atoms with E-state index in [2.05, 4.69) is 6.92 Å². The third-order valence-electron chi connectivity index (χ3n) is 4.94. The van der Waals surface area contributed by atoms with Crippen LogP contribution in [0.15, 0.2) is 12.2 Å². The van der Waals surface area contributed by atoms with E-state index in [4.69, 9.17) is 5.11 Å². The van der Waals surface area contributed by atoms with Crippen LogP contribution in [0.4, 0.5) is 0 Å². The molecule has 2 aliphatic carbocycles. The molecule has 0 aromatic heterocycles. The molecule has 2 heteroatoms. The molecule has 0 heterocycles. The average Bonchev–Trinajstić information content (AvgIpc) is 2.33. The maximum absolute atomic E-state index is 10.5. The fourth-order valence-electron chi connectivity index (χ4n) is 3.54. The number of carboxylic acid groups (broad SMARTS) is 1. The van der Waals surface area contributed by atoms with Gasteiger partial charge in [0.25, 0.3) is 0 Å². The highest BCUT2D eigenvalue weighted by atomic mass is 16.4. The molecule has 2 fully saturated rings. The SMILES string of the molecule is CC1CCC2(CC1)CCC(/C=C/C(=O)O)CC2. The van der Waals surface area contributed by atoms with E-state index >= 15 is 0 Å². The molecular formula is C15H24O2. The molecule has 0 atom stereocenters. The van der Waals surface area contributed by atoms with Crippen molar-refractivity contribution in [2.75, 3.05) is 0 Å². The molecule has 0 radical (unpaired) electrons. The molecule has 0 saturated heterocycles. The first-order valence-electron chi connectivity index (χ1n) is 7.01. The molecule has 2 saturated carbocycles. The number of carbonyl (C=O) groups is 1.